The maximum atomic E-state index is 12.6. The van der Waals surface area contributed by atoms with Crippen LogP contribution in [0.25, 0.3) is 0 Å². The van der Waals surface area contributed by atoms with Crippen LogP contribution < -0.4 is 10.2 Å². The molecule has 0 bridgehead atoms. The number of benzene rings is 1. The van der Waals surface area contributed by atoms with Crippen molar-refractivity contribution in [2.45, 2.75) is 0 Å². The predicted molar refractivity (Wildman–Crippen MR) is 114 cm³/mol. The molecule has 2 aromatic rings. The molecule has 3 amide bonds. The van der Waals surface area contributed by atoms with Crippen LogP contribution in [0.15, 0.2) is 42.7 Å². The van der Waals surface area contributed by atoms with E-state index in [1.165, 1.54) is 16.4 Å². The molecule has 3 heterocycles. The summed E-state index contributed by atoms with van der Waals surface area (Å²) < 4.78 is 26.6. The van der Waals surface area contributed by atoms with Gasteiger partial charge < -0.3 is 10.2 Å². The molecule has 0 atom stereocenters. The van der Waals surface area contributed by atoms with Crippen LogP contribution in [-0.2, 0) is 14.8 Å². The lowest BCUT2D eigenvalue weighted by molar-refractivity contribution is -0.121. The summed E-state index contributed by atoms with van der Waals surface area (Å²) in [6.07, 6.45) is 3.27. The van der Waals surface area contributed by atoms with E-state index in [9.17, 15) is 22.8 Å². The number of aromatic nitrogens is 2. The Morgan fingerprint density at radius 1 is 0.938 bits per heavy atom. The number of fused-ring (bicyclic) bond motifs is 1. The second-order valence-electron chi connectivity index (χ2n) is 7.34. The predicted octanol–water partition coefficient (Wildman–Crippen LogP) is -0.659. The van der Waals surface area contributed by atoms with E-state index in [2.05, 4.69) is 15.3 Å². The Hall–Kier alpha value is -3.38. The first-order valence-electron chi connectivity index (χ1n) is 10.1. The molecular weight excluding hydrogens is 436 g/mol. The van der Waals surface area contributed by atoms with Crippen LogP contribution in [0, 0.1) is 0 Å². The standard InChI is InChI=1S/C20H22N6O5S/c27-17(14-26-18(28)15-4-1-2-5-16(15)19(26)29)21-8-13-32(30,31)25-11-9-24(10-12-25)20-22-6-3-7-23-20/h1-7H,8-14H2,(H,21,27). The van der Waals surface area contributed by atoms with Crippen molar-refractivity contribution in [3.8, 4) is 0 Å². The van der Waals surface area contributed by atoms with Crippen LogP contribution in [0.2, 0.25) is 0 Å². The fraction of sp³-hybridized carbons (Fsp3) is 0.350. The minimum Gasteiger partial charge on any atom is -0.353 e. The molecule has 0 unspecified atom stereocenters. The number of anilines is 1. The number of sulfonamides is 1. The third-order valence-corrected chi connectivity index (χ3v) is 7.20. The van der Waals surface area contributed by atoms with Gasteiger partial charge in [-0.3, -0.25) is 19.3 Å². The molecule has 1 N–H and O–H groups in total. The smallest absolute Gasteiger partial charge is 0.262 e. The van der Waals surface area contributed by atoms with E-state index in [0.717, 1.165) is 4.90 Å². The number of nitrogens with one attached hydrogen (secondary N) is 1. The fourth-order valence-electron chi connectivity index (χ4n) is 3.65. The molecule has 0 radical (unpaired) electrons. The van der Waals surface area contributed by atoms with E-state index in [4.69, 9.17) is 0 Å². The summed E-state index contributed by atoms with van der Waals surface area (Å²) in [5, 5.41) is 2.49. The molecule has 1 aromatic carbocycles. The number of nitrogens with zero attached hydrogens (tertiary/aromatic N) is 5. The van der Waals surface area contributed by atoms with E-state index in [0.29, 0.717) is 32.1 Å². The molecule has 0 saturated carbocycles. The Kier molecular flexibility index (Phi) is 6.15. The van der Waals surface area contributed by atoms with E-state index in [1.807, 2.05) is 4.90 Å². The van der Waals surface area contributed by atoms with Gasteiger partial charge in [-0.2, -0.15) is 4.31 Å². The molecule has 11 nitrogen and oxygen atoms in total. The summed E-state index contributed by atoms with van der Waals surface area (Å²) in [5.74, 6) is -1.38. The van der Waals surface area contributed by atoms with Gasteiger partial charge in [0, 0.05) is 45.1 Å². The minimum absolute atomic E-state index is 0.119. The fourth-order valence-corrected chi connectivity index (χ4v) is 4.99. The quantitative estimate of drug-likeness (QED) is 0.541. The average Bonchev–Trinajstić information content (AvgIpc) is 3.05. The normalized spacial score (nSPS) is 16.9. The van der Waals surface area contributed by atoms with Crippen molar-refractivity contribution < 1.29 is 22.8 Å². The lowest BCUT2D eigenvalue weighted by Crippen LogP contribution is -2.50. The second kappa shape index (κ2) is 9.01. The van der Waals surface area contributed by atoms with Gasteiger partial charge >= 0.3 is 0 Å². The number of carbonyl (C=O) groups is 3. The van der Waals surface area contributed by atoms with Crippen LogP contribution in [0.3, 0.4) is 0 Å². The number of amides is 3. The first-order chi connectivity index (χ1) is 15.4. The Balaban J connectivity index is 1.24. The molecule has 12 heteroatoms. The molecule has 4 rings (SSSR count). The van der Waals surface area contributed by atoms with Gasteiger partial charge in [0.2, 0.25) is 21.9 Å². The van der Waals surface area contributed by atoms with Gasteiger partial charge in [-0.1, -0.05) is 12.1 Å². The molecular formula is C20H22N6O5S. The SMILES string of the molecule is O=C(CN1C(=O)c2ccccc2C1=O)NCCS(=O)(=O)N1CCN(c2ncccn2)CC1. The van der Waals surface area contributed by atoms with Crippen molar-refractivity contribution in [3.63, 3.8) is 0 Å². The highest BCUT2D eigenvalue weighted by molar-refractivity contribution is 7.89. The first-order valence-corrected chi connectivity index (χ1v) is 11.7. The average molecular weight is 459 g/mol. The first kappa shape index (κ1) is 21.8. The van der Waals surface area contributed by atoms with Gasteiger partial charge in [0.1, 0.15) is 6.54 Å². The summed E-state index contributed by atoms with van der Waals surface area (Å²) in [6.45, 7) is 0.951. The minimum atomic E-state index is -3.57. The van der Waals surface area contributed by atoms with Gasteiger partial charge in [0.25, 0.3) is 11.8 Å². The maximum Gasteiger partial charge on any atom is 0.262 e. The zero-order valence-electron chi connectivity index (χ0n) is 17.2. The summed E-state index contributed by atoms with van der Waals surface area (Å²) in [7, 11) is -3.57. The van der Waals surface area contributed by atoms with Crippen molar-refractivity contribution in [1.82, 2.24) is 24.5 Å². The highest BCUT2D eigenvalue weighted by Gasteiger charge is 2.36. The summed E-state index contributed by atoms with van der Waals surface area (Å²) >= 11 is 0. The highest BCUT2D eigenvalue weighted by Crippen LogP contribution is 2.21. The van der Waals surface area contributed by atoms with Gasteiger partial charge in [-0.05, 0) is 18.2 Å². The van der Waals surface area contributed by atoms with E-state index >= 15 is 0 Å². The number of rotatable bonds is 7. The Morgan fingerprint density at radius 3 is 2.12 bits per heavy atom. The highest BCUT2D eigenvalue weighted by atomic mass is 32.2. The van der Waals surface area contributed by atoms with Gasteiger partial charge in [0.15, 0.2) is 0 Å². The lowest BCUT2D eigenvalue weighted by Gasteiger charge is -2.33. The Labute approximate surface area is 185 Å². The lowest BCUT2D eigenvalue weighted by atomic mass is 10.1. The van der Waals surface area contributed by atoms with Gasteiger partial charge in [-0.15, -0.1) is 0 Å². The Morgan fingerprint density at radius 2 is 1.53 bits per heavy atom. The molecule has 1 aromatic heterocycles. The summed E-state index contributed by atoms with van der Waals surface area (Å²) in [4.78, 5) is 48.0. The third-order valence-electron chi connectivity index (χ3n) is 5.33. The molecule has 168 valence electrons. The third kappa shape index (κ3) is 4.46. The zero-order chi connectivity index (χ0) is 22.7. The van der Waals surface area contributed by atoms with E-state index in [-0.39, 0.29) is 23.4 Å². The molecule has 0 spiro atoms. The number of piperazine rings is 1. The maximum absolute atomic E-state index is 12.6. The number of carbonyl (C=O) groups excluding carboxylic acids is 3. The van der Waals surface area contributed by atoms with Gasteiger partial charge in [-0.25, -0.2) is 18.4 Å². The van der Waals surface area contributed by atoms with Gasteiger partial charge in [0.05, 0.1) is 16.9 Å². The second-order valence-corrected chi connectivity index (χ2v) is 9.43. The van der Waals surface area contributed by atoms with Crippen LogP contribution >= 0.6 is 0 Å². The van der Waals surface area contributed by atoms with Crippen LogP contribution in [0.1, 0.15) is 20.7 Å². The van der Waals surface area contributed by atoms with Crippen molar-refractivity contribution in [2.24, 2.45) is 0 Å². The topological polar surface area (TPSA) is 133 Å². The van der Waals surface area contributed by atoms with E-state index in [1.54, 1.807) is 30.6 Å². The van der Waals surface area contributed by atoms with Crippen LogP contribution in [0.5, 0.6) is 0 Å². The van der Waals surface area contributed by atoms with Crippen molar-refractivity contribution >= 4 is 33.7 Å². The van der Waals surface area contributed by atoms with Crippen LogP contribution in [-0.4, -0.2) is 90.3 Å². The molecule has 1 saturated heterocycles. The zero-order valence-corrected chi connectivity index (χ0v) is 18.0. The number of imide groups is 1. The molecule has 2 aliphatic heterocycles. The summed E-state index contributed by atoms with van der Waals surface area (Å²) in [5.41, 5.74) is 0.515. The van der Waals surface area contributed by atoms with Crippen molar-refractivity contribution in [3.05, 3.63) is 53.9 Å². The summed E-state index contributed by atoms with van der Waals surface area (Å²) in [6, 6.07) is 8.07. The number of hydrogen-bond donors (Lipinski definition) is 1. The monoisotopic (exact) mass is 458 g/mol. The largest absolute Gasteiger partial charge is 0.353 e. The van der Waals surface area contributed by atoms with Crippen LogP contribution in [0.4, 0.5) is 5.95 Å². The van der Waals surface area contributed by atoms with E-state index < -0.39 is 34.3 Å². The Bertz CT molecular complexity index is 1100. The molecule has 0 aliphatic carbocycles. The van der Waals surface area contributed by atoms with Crippen molar-refractivity contribution in [2.75, 3.05) is 49.9 Å². The molecule has 32 heavy (non-hydrogen) atoms. The molecule has 1 fully saturated rings. The van der Waals surface area contributed by atoms with Crippen molar-refractivity contribution in [1.29, 1.82) is 0 Å². The number of hydrogen-bond acceptors (Lipinski definition) is 8. The molecule has 2 aliphatic rings.